The Balaban J connectivity index is 0.00000137. The highest BCUT2D eigenvalue weighted by Gasteiger charge is 2.12. The van der Waals surface area contributed by atoms with E-state index in [4.69, 9.17) is 5.73 Å². The quantitative estimate of drug-likeness (QED) is 0.644. The molecule has 0 aromatic heterocycles. The number of carbonyl (C=O) groups excluding carboxylic acids is 1. The fourth-order valence-electron chi connectivity index (χ4n) is 1.38. The first-order valence-electron chi connectivity index (χ1n) is 6.06. The Bertz CT molecular complexity index is 388. The van der Waals surface area contributed by atoms with Gasteiger partial charge < -0.3 is 5.73 Å². The van der Waals surface area contributed by atoms with Crippen molar-refractivity contribution in [1.29, 1.82) is 0 Å². The number of benzene rings is 1. The van der Waals surface area contributed by atoms with E-state index in [2.05, 4.69) is 0 Å². The lowest BCUT2D eigenvalue weighted by Gasteiger charge is -2.08. The second-order valence-corrected chi connectivity index (χ2v) is 3.55. The van der Waals surface area contributed by atoms with Crippen LogP contribution in [0, 0.1) is 10.1 Å². The first-order chi connectivity index (χ1) is 8.54. The number of ketones is 1. The third kappa shape index (κ3) is 5.05. The molecule has 18 heavy (non-hydrogen) atoms. The third-order valence-electron chi connectivity index (χ3n) is 2.36. The van der Waals surface area contributed by atoms with E-state index in [0.29, 0.717) is 12.8 Å². The summed E-state index contributed by atoms with van der Waals surface area (Å²) in [6.07, 6.45) is 0.832. The maximum atomic E-state index is 11.3. The average molecular weight is 252 g/mol. The number of nitro groups is 1. The van der Waals surface area contributed by atoms with Crippen molar-refractivity contribution in [3.05, 3.63) is 39.9 Å². The highest BCUT2D eigenvalue weighted by molar-refractivity contribution is 5.83. The van der Waals surface area contributed by atoms with Gasteiger partial charge in [-0.1, -0.05) is 32.9 Å². The molecule has 100 valence electrons. The molecule has 0 spiro atoms. The molecule has 0 saturated heterocycles. The van der Waals surface area contributed by atoms with Crippen LogP contribution in [0.4, 0.5) is 5.69 Å². The summed E-state index contributed by atoms with van der Waals surface area (Å²) in [5.41, 5.74) is 6.55. The van der Waals surface area contributed by atoms with E-state index in [9.17, 15) is 14.9 Å². The van der Waals surface area contributed by atoms with E-state index in [-0.39, 0.29) is 11.5 Å². The Labute approximate surface area is 107 Å². The van der Waals surface area contributed by atoms with Crippen molar-refractivity contribution < 1.29 is 9.72 Å². The highest BCUT2D eigenvalue weighted by atomic mass is 16.6. The van der Waals surface area contributed by atoms with Crippen molar-refractivity contribution in [2.75, 3.05) is 0 Å². The van der Waals surface area contributed by atoms with E-state index < -0.39 is 11.0 Å². The molecule has 0 saturated carbocycles. The number of hydrogen-bond acceptors (Lipinski definition) is 4. The van der Waals surface area contributed by atoms with Crippen molar-refractivity contribution in [2.45, 2.75) is 39.7 Å². The Morgan fingerprint density at radius 2 is 1.83 bits per heavy atom. The van der Waals surface area contributed by atoms with Gasteiger partial charge in [-0.05, 0) is 12.0 Å². The smallest absolute Gasteiger partial charge is 0.269 e. The molecule has 5 nitrogen and oxygen atoms in total. The number of nitrogens with two attached hydrogens (primary N) is 1. The van der Waals surface area contributed by atoms with Crippen LogP contribution >= 0.6 is 0 Å². The van der Waals surface area contributed by atoms with Gasteiger partial charge in [-0.2, -0.15) is 0 Å². The number of Topliss-reactive ketones (excluding diaryl/α,β-unsaturated/α-hetero) is 1. The van der Waals surface area contributed by atoms with Crippen molar-refractivity contribution in [3.8, 4) is 0 Å². The fourth-order valence-corrected chi connectivity index (χ4v) is 1.38. The molecule has 1 rings (SSSR count). The molecular weight excluding hydrogens is 232 g/mol. The SMILES string of the molecule is CC.CCC(=O)C(N)Cc1ccc([N+](=O)[O-])cc1. The van der Waals surface area contributed by atoms with Crippen LogP contribution in [0.3, 0.4) is 0 Å². The number of rotatable bonds is 5. The molecule has 0 heterocycles. The van der Waals surface area contributed by atoms with E-state index in [0.717, 1.165) is 5.56 Å². The lowest BCUT2D eigenvalue weighted by Crippen LogP contribution is -2.32. The van der Waals surface area contributed by atoms with Gasteiger partial charge in [0.2, 0.25) is 0 Å². The summed E-state index contributed by atoms with van der Waals surface area (Å²) >= 11 is 0. The maximum absolute atomic E-state index is 11.3. The molecular formula is C13H20N2O3. The zero-order chi connectivity index (χ0) is 14.1. The molecule has 0 fully saturated rings. The van der Waals surface area contributed by atoms with Crippen molar-refractivity contribution in [2.24, 2.45) is 5.73 Å². The molecule has 0 aliphatic rings. The first-order valence-corrected chi connectivity index (χ1v) is 6.06. The molecule has 0 bridgehead atoms. The molecule has 0 radical (unpaired) electrons. The second kappa shape index (κ2) is 8.36. The van der Waals surface area contributed by atoms with Crippen LogP contribution in [0.2, 0.25) is 0 Å². The monoisotopic (exact) mass is 252 g/mol. The lowest BCUT2D eigenvalue weighted by molar-refractivity contribution is -0.384. The molecule has 2 N–H and O–H groups in total. The highest BCUT2D eigenvalue weighted by Crippen LogP contribution is 2.13. The molecule has 0 amide bonds. The van der Waals surface area contributed by atoms with Crippen molar-refractivity contribution >= 4 is 11.5 Å². The predicted molar refractivity (Wildman–Crippen MR) is 71.4 cm³/mol. The molecule has 1 aromatic carbocycles. The maximum Gasteiger partial charge on any atom is 0.269 e. The van der Waals surface area contributed by atoms with Gasteiger partial charge in [0.25, 0.3) is 5.69 Å². The molecule has 1 aromatic rings. The summed E-state index contributed by atoms with van der Waals surface area (Å²) < 4.78 is 0. The third-order valence-corrected chi connectivity index (χ3v) is 2.36. The summed E-state index contributed by atoms with van der Waals surface area (Å²) in [4.78, 5) is 21.2. The van der Waals surface area contributed by atoms with Gasteiger partial charge in [-0.3, -0.25) is 14.9 Å². The van der Waals surface area contributed by atoms with Gasteiger partial charge in [-0.15, -0.1) is 0 Å². The van der Waals surface area contributed by atoms with Crippen LogP contribution in [0.15, 0.2) is 24.3 Å². The first kappa shape index (κ1) is 16.2. The van der Waals surface area contributed by atoms with Crippen LogP contribution in [-0.4, -0.2) is 16.7 Å². The van der Waals surface area contributed by atoms with Crippen LogP contribution in [0.5, 0.6) is 0 Å². The number of non-ortho nitro benzene ring substituents is 1. The minimum absolute atomic E-state index is 0.00153. The largest absolute Gasteiger partial charge is 0.321 e. The van der Waals surface area contributed by atoms with Gasteiger partial charge in [0, 0.05) is 18.6 Å². The van der Waals surface area contributed by atoms with E-state index in [1.165, 1.54) is 12.1 Å². The zero-order valence-corrected chi connectivity index (χ0v) is 11.1. The average Bonchev–Trinajstić information content (AvgIpc) is 2.40. The van der Waals surface area contributed by atoms with Crippen LogP contribution in [-0.2, 0) is 11.2 Å². The fraction of sp³-hybridized carbons (Fsp3) is 0.462. The molecule has 0 aliphatic heterocycles. The second-order valence-electron chi connectivity index (χ2n) is 3.55. The van der Waals surface area contributed by atoms with E-state index in [1.807, 2.05) is 13.8 Å². The summed E-state index contributed by atoms with van der Waals surface area (Å²) in [6.45, 7) is 5.76. The number of carbonyl (C=O) groups is 1. The Morgan fingerprint density at radius 1 is 1.33 bits per heavy atom. The topological polar surface area (TPSA) is 86.2 Å². The molecule has 5 heteroatoms. The predicted octanol–water partition coefficient (Wildman–Crippen LogP) is 2.47. The normalized spacial score (nSPS) is 11.1. The van der Waals surface area contributed by atoms with E-state index >= 15 is 0 Å². The van der Waals surface area contributed by atoms with Gasteiger partial charge in [0.1, 0.15) is 5.78 Å². The number of nitro benzene ring substituents is 1. The summed E-state index contributed by atoms with van der Waals surface area (Å²) in [5, 5.41) is 10.4. The van der Waals surface area contributed by atoms with Gasteiger partial charge >= 0.3 is 0 Å². The summed E-state index contributed by atoms with van der Waals surface area (Å²) in [7, 11) is 0. The van der Waals surface area contributed by atoms with Crippen LogP contribution < -0.4 is 5.73 Å². The van der Waals surface area contributed by atoms with Gasteiger partial charge in [0.05, 0.1) is 11.0 Å². The number of nitrogens with zero attached hydrogens (tertiary/aromatic N) is 1. The van der Waals surface area contributed by atoms with E-state index in [1.54, 1.807) is 19.1 Å². The zero-order valence-electron chi connectivity index (χ0n) is 11.1. The lowest BCUT2D eigenvalue weighted by atomic mass is 10.0. The molecule has 1 atom stereocenters. The minimum Gasteiger partial charge on any atom is -0.321 e. The van der Waals surface area contributed by atoms with Crippen LogP contribution in [0.1, 0.15) is 32.8 Å². The Kier molecular flexibility index (Phi) is 7.54. The van der Waals surface area contributed by atoms with Crippen molar-refractivity contribution in [1.82, 2.24) is 0 Å². The van der Waals surface area contributed by atoms with Gasteiger partial charge in [0.15, 0.2) is 0 Å². The minimum atomic E-state index is -0.522. The van der Waals surface area contributed by atoms with Crippen molar-refractivity contribution in [3.63, 3.8) is 0 Å². The Morgan fingerprint density at radius 3 is 2.22 bits per heavy atom. The van der Waals surface area contributed by atoms with Gasteiger partial charge in [-0.25, -0.2) is 0 Å². The summed E-state index contributed by atoms with van der Waals surface area (Å²) in [5.74, 6) is -0.00153. The number of hydrogen-bond donors (Lipinski definition) is 1. The standard InChI is InChI=1S/C11H14N2O3.C2H6/c1-2-11(14)10(12)7-8-3-5-9(6-4-8)13(15)16;1-2/h3-6,10H,2,7,12H2,1H3;1-2H3. The van der Waals surface area contributed by atoms with Crippen LogP contribution in [0.25, 0.3) is 0 Å². The Hall–Kier alpha value is -1.75. The summed E-state index contributed by atoms with van der Waals surface area (Å²) in [6, 6.07) is 5.56. The molecule has 1 unspecified atom stereocenters. The molecule has 0 aliphatic carbocycles.